The van der Waals surface area contributed by atoms with Gasteiger partial charge in [0.2, 0.25) is 0 Å². The van der Waals surface area contributed by atoms with Crippen molar-refractivity contribution in [1.82, 2.24) is 9.88 Å². The summed E-state index contributed by atoms with van der Waals surface area (Å²) in [6, 6.07) is 8.95. The van der Waals surface area contributed by atoms with Gasteiger partial charge in [0.05, 0.1) is 5.56 Å². The minimum absolute atomic E-state index is 0.104. The van der Waals surface area contributed by atoms with Crippen molar-refractivity contribution in [3.05, 3.63) is 82.0 Å². The van der Waals surface area contributed by atoms with Crippen molar-refractivity contribution >= 4 is 17.0 Å². The molecular weight excluding hydrogens is 444 g/mol. The van der Waals surface area contributed by atoms with Gasteiger partial charge in [-0.25, -0.2) is 13.8 Å². The van der Waals surface area contributed by atoms with Crippen LogP contribution in [0.4, 0.5) is 8.78 Å². The van der Waals surface area contributed by atoms with Crippen LogP contribution in [0.3, 0.4) is 0 Å². The predicted molar refractivity (Wildman–Crippen MR) is 140 cm³/mol. The van der Waals surface area contributed by atoms with Gasteiger partial charge in [-0.2, -0.15) is 0 Å². The van der Waals surface area contributed by atoms with Crippen LogP contribution in [0.25, 0.3) is 21.9 Å². The maximum absolute atomic E-state index is 14.5. The molecule has 0 radical (unpaired) electrons. The molecule has 0 atom stereocenters. The van der Waals surface area contributed by atoms with Gasteiger partial charge in [0, 0.05) is 35.4 Å². The quantitative estimate of drug-likeness (QED) is 0.279. The summed E-state index contributed by atoms with van der Waals surface area (Å²) < 4.78 is 30.9. The number of nitrogens with one attached hydrogen (secondary N) is 1. The molecule has 1 fully saturated rings. The Morgan fingerprint density at radius 1 is 1.14 bits per heavy atom. The largest absolute Gasteiger partial charge is 0.371 e. The molecule has 1 aliphatic carbocycles. The van der Waals surface area contributed by atoms with Crippen LogP contribution in [0.1, 0.15) is 69.2 Å². The number of halogens is 2. The second-order valence-corrected chi connectivity index (χ2v) is 9.31. The maximum Gasteiger partial charge on any atom is 0.258 e. The normalized spacial score (nSPS) is 14.6. The molecule has 0 saturated heterocycles. The van der Waals surface area contributed by atoms with Crippen LogP contribution in [0, 0.1) is 18.6 Å². The van der Waals surface area contributed by atoms with Crippen LogP contribution in [0.5, 0.6) is 0 Å². The van der Waals surface area contributed by atoms with Gasteiger partial charge in [-0.1, -0.05) is 57.4 Å². The molecule has 0 spiro atoms. The molecule has 0 amide bonds. The molecule has 3 aromatic rings. The number of hydrogen-bond donors (Lipinski definition) is 1. The Hall–Kier alpha value is -3.28. The molecule has 0 unspecified atom stereocenters. The first-order valence-corrected chi connectivity index (χ1v) is 12.5. The van der Waals surface area contributed by atoms with Crippen molar-refractivity contribution in [3.8, 4) is 11.1 Å². The standard InChI is InChI=1S/C29H33F2N3O/c1-4-5-16-32-20(3)33-18-25-19(2)34(22-10-7-6-8-11-22)29(35)24-17-21(14-15-23(24)25)28-26(30)12-9-13-27(28)31/h9,12-15,17-18,22,32H,3-8,10-11,16H2,1-2H3/b33-18-. The fourth-order valence-electron chi connectivity index (χ4n) is 5.03. The SMILES string of the molecule is C=C(/N=C\c1c(C)n(C2CCCCC2)c(=O)c2cc(-c3c(F)cccc3F)ccc12)NCCCC. The summed E-state index contributed by atoms with van der Waals surface area (Å²) in [5.74, 6) is -0.743. The van der Waals surface area contributed by atoms with Crippen molar-refractivity contribution < 1.29 is 8.78 Å². The molecule has 1 aliphatic rings. The highest BCUT2D eigenvalue weighted by atomic mass is 19.1. The van der Waals surface area contributed by atoms with Gasteiger partial charge < -0.3 is 9.88 Å². The van der Waals surface area contributed by atoms with E-state index in [1.165, 1.54) is 24.6 Å². The fraction of sp³-hybridized carbons (Fsp3) is 0.379. The summed E-state index contributed by atoms with van der Waals surface area (Å²) in [5.41, 5.74) is 1.77. The highest BCUT2D eigenvalue weighted by Gasteiger charge is 2.22. The summed E-state index contributed by atoms with van der Waals surface area (Å²) in [4.78, 5) is 18.3. The Kier molecular flexibility index (Phi) is 7.79. The summed E-state index contributed by atoms with van der Waals surface area (Å²) in [5, 5.41) is 4.36. The van der Waals surface area contributed by atoms with E-state index in [-0.39, 0.29) is 17.2 Å². The number of hydrogen-bond acceptors (Lipinski definition) is 3. The smallest absolute Gasteiger partial charge is 0.258 e. The van der Waals surface area contributed by atoms with Crippen LogP contribution < -0.4 is 10.9 Å². The number of unbranched alkanes of at least 4 members (excludes halogenated alkanes) is 1. The van der Waals surface area contributed by atoms with Gasteiger partial charge in [-0.15, -0.1) is 0 Å². The lowest BCUT2D eigenvalue weighted by molar-refractivity contribution is 0.343. The van der Waals surface area contributed by atoms with Crippen LogP contribution in [-0.2, 0) is 0 Å². The molecular formula is C29H33F2N3O. The summed E-state index contributed by atoms with van der Waals surface area (Å²) in [6.45, 7) is 8.87. The molecule has 4 rings (SSSR count). The molecule has 35 heavy (non-hydrogen) atoms. The zero-order chi connectivity index (χ0) is 24.9. The average molecular weight is 478 g/mol. The second-order valence-electron chi connectivity index (χ2n) is 9.31. The zero-order valence-corrected chi connectivity index (χ0v) is 20.5. The number of benzene rings is 2. The Balaban J connectivity index is 1.88. The van der Waals surface area contributed by atoms with Gasteiger partial charge in [-0.05, 0) is 55.3 Å². The molecule has 2 aromatic carbocycles. The van der Waals surface area contributed by atoms with Gasteiger partial charge in [0.1, 0.15) is 17.5 Å². The maximum atomic E-state index is 14.5. The number of rotatable bonds is 8. The van der Waals surface area contributed by atoms with E-state index in [1.807, 2.05) is 11.5 Å². The molecule has 0 aliphatic heterocycles. The van der Waals surface area contributed by atoms with Crippen molar-refractivity contribution in [1.29, 1.82) is 0 Å². The first-order valence-electron chi connectivity index (χ1n) is 12.5. The highest BCUT2D eigenvalue weighted by Crippen LogP contribution is 2.33. The van der Waals surface area contributed by atoms with Gasteiger partial charge in [-0.3, -0.25) is 4.79 Å². The van der Waals surface area contributed by atoms with E-state index in [4.69, 9.17) is 0 Å². The van der Waals surface area contributed by atoms with E-state index in [0.717, 1.165) is 56.3 Å². The lowest BCUT2D eigenvalue weighted by atomic mass is 9.93. The highest BCUT2D eigenvalue weighted by molar-refractivity contribution is 6.02. The van der Waals surface area contributed by atoms with E-state index < -0.39 is 11.6 Å². The van der Waals surface area contributed by atoms with Crippen LogP contribution in [0.15, 0.2) is 58.6 Å². The molecule has 1 aromatic heterocycles. The first kappa shape index (κ1) is 24.8. The van der Waals surface area contributed by atoms with E-state index in [1.54, 1.807) is 24.4 Å². The first-order chi connectivity index (χ1) is 16.9. The number of nitrogens with zero attached hydrogens (tertiary/aromatic N) is 2. The Bertz CT molecular complexity index is 1300. The third-order valence-electron chi connectivity index (χ3n) is 6.91. The lowest BCUT2D eigenvalue weighted by Gasteiger charge is -2.27. The zero-order valence-electron chi connectivity index (χ0n) is 20.5. The van der Waals surface area contributed by atoms with Crippen molar-refractivity contribution in [2.75, 3.05) is 6.54 Å². The third-order valence-corrected chi connectivity index (χ3v) is 6.91. The molecule has 1 saturated carbocycles. The number of aliphatic imine (C=N–C) groups is 1. The van der Waals surface area contributed by atoms with E-state index in [2.05, 4.69) is 23.8 Å². The van der Waals surface area contributed by atoms with E-state index in [9.17, 15) is 13.6 Å². The lowest BCUT2D eigenvalue weighted by Crippen LogP contribution is -2.29. The minimum atomic E-state index is -0.652. The van der Waals surface area contributed by atoms with Gasteiger partial charge >= 0.3 is 0 Å². The molecule has 4 nitrogen and oxygen atoms in total. The third kappa shape index (κ3) is 5.21. The molecule has 1 heterocycles. The summed E-state index contributed by atoms with van der Waals surface area (Å²) in [6.07, 6.45) is 9.06. The van der Waals surface area contributed by atoms with Crippen LogP contribution in [-0.4, -0.2) is 17.3 Å². The molecule has 6 heteroatoms. The topological polar surface area (TPSA) is 46.4 Å². The van der Waals surface area contributed by atoms with Gasteiger partial charge in [0.25, 0.3) is 5.56 Å². The monoisotopic (exact) mass is 477 g/mol. The number of fused-ring (bicyclic) bond motifs is 1. The number of aromatic nitrogens is 1. The van der Waals surface area contributed by atoms with E-state index >= 15 is 0 Å². The Morgan fingerprint density at radius 3 is 2.54 bits per heavy atom. The van der Waals surface area contributed by atoms with Crippen LogP contribution in [0.2, 0.25) is 0 Å². The van der Waals surface area contributed by atoms with Crippen molar-refractivity contribution in [2.24, 2.45) is 4.99 Å². The Morgan fingerprint density at radius 2 is 1.86 bits per heavy atom. The number of pyridine rings is 1. The van der Waals surface area contributed by atoms with E-state index in [0.29, 0.717) is 22.2 Å². The fourth-order valence-corrected chi connectivity index (χ4v) is 5.03. The second kappa shape index (κ2) is 11.0. The molecule has 0 bridgehead atoms. The minimum Gasteiger partial charge on any atom is -0.371 e. The molecule has 1 N–H and O–H groups in total. The van der Waals surface area contributed by atoms with Crippen LogP contribution >= 0.6 is 0 Å². The average Bonchev–Trinajstić information content (AvgIpc) is 2.85. The van der Waals surface area contributed by atoms with Crippen molar-refractivity contribution in [3.63, 3.8) is 0 Å². The Labute approximate surface area is 205 Å². The summed E-state index contributed by atoms with van der Waals surface area (Å²) in [7, 11) is 0. The predicted octanol–water partition coefficient (Wildman–Crippen LogP) is 7.04. The molecule has 184 valence electrons. The summed E-state index contributed by atoms with van der Waals surface area (Å²) >= 11 is 0. The van der Waals surface area contributed by atoms with Crippen molar-refractivity contribution in [2.45, 2.75) is 64.8 Å². The van der Waals surface area contributed by atoms with Gasteiger partial charge in [0.15, 0.2) is 0 Å².